The highest BCUT2D eigenvalue weighted by Gasteiger charge is 2.22. The maximum Gasteiger partial charge on any atom is 0.303 e. The van der Waals surface area contributed by atoms with Gasteiger partial charge in [-0.1, -0.05) is 142 Å². The predicted octanol–water partition coefficient (Wildman–Crippen LogP) is 10.3. The Hall–Kier alpha value is -1.72. The van der Waals surface area contributed by atoms with Crippen molar-refractivity contribution in [1.82, 2.24) is 5.32 Å². The van der Waals surface area contributed by atoms with Crippen LogP contribution in [0.4, 0.5) is 0 Å². The molecule has 0 saturated carbocycles. The van der Waals surface area contributed by atoms with E-state index in [-0.39, 0.29) is 43.3 Å². The van der Waals surface area contributed by atoms with Gasteiger partial charge >= 0.3 is 5.97 Å². The molecule has 0 aliphatic heterocycles. The lowest BCUT2D eigenvalue weighted by molar-refractivity contribution is -0.137. The van der Waals surface area contributed by atoms with Crippen LogP contribution in [0.2, 0.25) is 0 Å². The van der Waals surface area contributed by atoms with Crippen molar-refractivity contribution < 1.29 is 24.3 Å². The van der Waals surface area contributed by atoms with Gasteiger partial charge in [0, 0.05) is 44.6 Å². The number of ketones is 2. The molecule has 6 heteroatoms. The van der Waals surface area contributed by atoms with Gasteiger partial charge in [-0.15, -0.1) is 0 Å². The van der Waals surface area contributed by atoms with E-state index >= 15 is 0 Å². The third-order valence-electron chi connectivity index (χ3n) is 8.61. The summed E-state index contributed by atoms with van der Waals surface area (Å²) in [5, 5.41) is 11.6. The SMILES string of the molecule is CCCCCCCCCCCCCC(=O)CC(CNC(=O)CCCCC(=O)O)C(=O)CCCCCCCCCCCCC. The zero-order valence-corrected chi connectivity index (χ0v) is 28.4. The molecular weight excluding hydrogens is 538 g/mol. The smallest absolute Gasteiger partial charge is 0.303 e. The van der Waals surface area contributed by atoms with Gasteiger partial charge in [-0.2, -0.15) is 0 Å². The fraction of sp³-hybridized carbons (Fsp3) is 0.892. The minimum absolute atomic E-state index is 0.0564. The average molecular weight is 608 g/mol. The summed E-state index contributed by atoms with van der Waals surface area (Å²) in [4.78, 5) is 48.8. The Kier molecular flexibility index (Phi) is 30.4. The highest BCUT2D eigenvalue weighted by Crippen LogP contribution is 2.17. The number of nitrogens with one attached hydrogen (secondary N) is 1. The normalized spacial score (nSPS) is 11.9. The quantitative estimate of drug-likeness (QED) is 0.0709. The summed E-state index contributed by atoms with van der Waals surface area (Å²) in [6.07, 6.45) is 29.6. The first-order chi connectivity index (χ1) is 20.9. The van der Waals surface area contributed by atoms with Gasteiger partial charge in [-0.3, -0.25) is 19.2 Å². The lowest BCUT2D eigenvalue weighted by atomic mass is 9.92. The van der Waals surface area contributed by atoms with Crippen LogP contribution in [0, 0.1) is 5.92 Å². The molecular formula is C37H69NO5. The van der Waals surface area contributed by atoms with Crippen molar-refractivity contribution in [2.24, 2.45) is 5.92 Å². The number of carbonyl (C=O) groups is 4. The molecule has 0 aliphatic carbocycles. The number of rotatable bonds is 34. The van der Waals surface area contributed by atoms with E-state index in [1.807, 2.05) is 0 Å². The first-order valence-electron chi connectivity index (χ1n) is 18.4. The molecule has 252 valence electrons. The molecule has 0 heterocycles. The Labute approximate surface area is 265 Å². The minimum atomic E-state index is -0.857. The van der Waals surface area contributed by atoms with Crippen LogP contribution >= 0.6 is 0 Å². The molecule has 0 aromatic rings. The van der Waals surface area contributed by atoms with Gasteiger partial charge < -0.3 is 10.4 Å². The lowest BCUT2D eigenvalue weighted by Crippen LogP contribution is -2.34. The van der Waals surface area contributed by atoms with Gasteiger partial charge in [-0.05, 0) is 25.7 Å². The largest absolute Gasteiger partial charge is 0.481 e. The van der Waals surface area contributed by atoms with Crippen LogP contribution in [0.15, 0.2) is 0 Å². The summed E-state index contributed by atoms with van der Waals surface area (Å²) in [7, 11) is 0. The Morgan fingerprint density at radius 3 is 1.30 bits per heavy atom. The van der Waals surface area contributed by atoms with Crippen LogP contribution in [-0.2, 0) is 19.2 Å². The van der Waals surface area contributed by atoms with E-state index in [0.29, 0.717) is 25.7 Å². The molecule has 6 nitrogen and oxygen atoms in total. The molecule has 2 N–H and O–H groups in total. The second-order valence-corrected chi connectivity index (χ2v) is 12.9. The fourth-order valence-corrected chi connectivity index (χ4v) is 5.72. The van der Waals surface area contributed by atoms with Gasteiger partial charge in [0.25, 0.3) is 0 Å². The van der Waals surface area contributed by atoms with E-state index in [2.05, 4.69) is 19.2 Å². The van der Waals surface area contributed by atoms with Crippen molar-refractivity contribution in [2.75, 3.05) is 6.54 Å². The molecule has 0 aromatic heterocycles. The predicted molar refractivity (Wildman–Crippen MR) is 179 cm³/mol. The van der Waals surface area contributed by atoms with Crippen molar-refractivity contribution in [1.29, 1.82) is 0 Å². The molecule has 0 saturated heterocycles. The fourth-order valence-electron chi connectivity index (χ4n) is 5.72. The average Bonchev–Trinajstić information content (AvgIpc) is 2.98. The third kappa shape index (κ3) is 30.1. The first kappa shape index (κ1) is 41.3. The van der Waals surface area contributed by atoms with Crippen LogP contribution in [0.3, 0.4) is 0 Å². The lowest BCUT2D eigenvalue weighted by Gasteiger charge is -2.16. The maximum absolute atomic E-state index is 13.1. The number of Topliss-reactive ketones (excluding diaryl/α,β-unsaturated/α-hetero) is 2. The Morgan fingerprint density at radius 1 is 0.488 bits per heavy atom. The zero-order valence-electron chi connectivity index (χ0n) is 28.4. The second-order valence-electron chi connectivity index (χ2n) is 12.9. The van der Waals surface area contributed by atoms with Crippen molar-refractivity contribution >= 4 is 23.4 Å². The van der Waals surface area contributed by atoms with E-state index in [4.69, 9.17) is 5.11 Å². The molecule has 1 atom stereocenters. The van der Waals surface area contributed by atoms with Crippen molar-refractivity contribution in [3.05, 3.63) is 0 Å². The summed E-state index contributed by atoms with van der Waals surface area (Å²) in [5.41, 5.74) is 0. The van der Waals surface area contributed by atoms with Crippen LogP contribution < -0.4 is 5.32 Å². The van der Waals surface area contributed by atoms with Gasteiger partial charge in [0.1, 0.15) is 11.6 Å². The molecule has 0 fully saturated rings. The number of carbonyl (C=O) groups excluding carboxylic acids is 3. The van der Waals surface area contributed by atoms with E-state index in [0.717, 1.165) is 32.1 Å². The Balaban J connectivity index is 4.34. The molecule has 0 rings (SSSR count). The van der Waals surface area contributed by atoms with Gasteiger partial charge in [0.05, 0.1) is 0 Å². The highest BCUT2D eigenvalue weighted by atomic mass is 16.4. The molecule has 0 aliphatic rings. The third-order valence-corrected chi connectivity index (χ3v) is 8.61. The molecule has 1 amide bonds. The van der Waals surface area contributed by atoms with Crippen molar-refractivity contribution in [2.45, 2.75) is 200 Å². The molecule has 0 spiro atoms. The topological polar surface area (TPSA) is 101 Å². The molecule has 1 unspecified atom stereocenters. The van der Waals surface area contributed by atoms with E-state index in [1.165, 1.54) is 109 Å². The number of unbranched alkanes of at least 4 members (excludes halogenated alkanes) is 21. The molecule has 43 heavy (non-hydrogen) atoms. The number of hydrogen-bond donors (Lipinski definition) is 2. The summed E-state index contributed by atoms with van der Waals surface area (Å²) < 4.78 is 0. The van der Waals surface area contributed by atoms with Crippen molar-refractivity contribution in [3.8, 4) is 0 Å². The Morgan fingerprint density at radius 2 is 0.860 bits per heavy atom. The van der Waals surface area contributed by atoms with E-state index in [1.54, 1.807) is 0 Å². The van der Waals surface area contributed by atoms with Gasteiger partial charge in [0.2, 0.25) is 5.91 Å². The molecule has 0 radical (unpaired) electrons. The van der Waals surface area contributed by atoms with Crippen LogP contribution in [0.5, 0.6) is 0 Å². The molecule has 0 bridgehead atoms. The Bertz CT molecular complexity index is 692. The second kappa shape index (κ2) is 31.7. The summed E-state index contributed by atoms with van der Waals surface area (Å²) in [6.45, 7) is 4.70. The first-order valence-corrected chi connectivity index (χ1v) is 18.4. The minimum Gasteiger partial charge on any atom is -0.481 e. The number of amides is 1. The highest BCUT2D eigenvalue weighted by molar-refractivity contribution is 5.88. The van der Waals surface area contributed by atoms with Gasteiger partial charge in [0.15, 0.2) is 0 Å². The standard InChI is InChI=1S/C37H69NO5/c1-3-5-7-9-11-13-15-17-19-21-23-27-34(39)31-33(32-38-36(41)29-25-26-30-37(42)43)35(40)28-24-22-20-18-16-14-12-10-8-6-4-2/h33H,3-32H2,1-2H3,(H,38,41)(H,42,43). The number of hydrogen-bond acceptors (Lipinski definition) is 4. The van der Waals surface area contributed by atoms with E-state index < -0.39 is 11.9 Å². The van der Waals surface area contributed by atoms with Crippen molar-refractivity contribution in [3.63, 3.8) is 0 Å². The monoisotopic (exact) mass is 608 g/mol. The summed E-state index contributed by atoms with van der Waals surface area (Å²) >= 11 is 0. The van der Waals surface area contributed by atoms with Crippen LogP contribution in [0.25, 0.3) is 0 Å². The summed E-state index contributed by atoms with van der Waals surface area (Å²) in [6, 6.07) is 0. The summed E-state index contributed by atoms with van der Waals surface area (Å²) in [5.74, 6) is -1.26. The van der Waals surface area contributed by atoms with Gasteiger partial charge in [-0.25, -0.2) is 0 Å². The van der Waals surface area contributed by atoms with Crippen LogP contribution in [-0.4, -0.2) is 35.1 Å². The maximum atomic E-state index is 13.1. The number of carboxylic acid groups (broad SMARTS) is 1. The zero-order chi connectivity index (χ0) is 31.8. The number of carboxylic acids is 1. The number of aliphatic carboxylic acids is 1. The molecule has 0 aromatic carbocycles. The van der Waals surface area contributed by atoms with Crippen LogP contribution in [0.1, 0.15) is 200 Å². The van der Waals surface area contributed by atoms with E-state index in [9.17, 15) is 19.2 Å².